The normalized spacial score (nSPS) is 23.7. The van der Waals surface area contributed by atoms with Crippen LogP contribution in [0, 0.1) is 5.41 Å². The van der Waals surface area contributed by atoms with Gasteiger partial charge in [-0.25, -0.2) is 0 Å². The Morgan fingerprint density at radius 2 is 1.57 bits per heavy atom. The fraction of sp³-hybridized carbons (Fsp3) is 0.875. The highest BCUT2D eigenvalue weighted by Crippen LogP contribution is 2.38. The summed E-state index contributed by atoms with van der Waals surface area (Å²) in [6.45, 7) is 0.279. The van der Waals surface area contributed by atoms with Crippen LogP contribution in [0.5, 0.6) is 0 Å². The van der Waals surface area contributed by atoms with Crippen LogP contribution in [0.3, 0.4) is 0 Å². The third kappa shape index (κ3) is 3.76. The molecule has 120 valence electrons. The molecule has 2 aliphatic carbocycles. The topological polar surface area (TPSA) is 78.4 Å². The second-order valence-electron chi connectivity index (χ2n) is 6.84. The molecular formula is C16H28N2O3. The van der Waals surface area contributed by atoms with Crippen LogP contribution >= 0.6 is 0 Å². The summed E-state index contributed by atoms with van der Waals surface area (Å²) in [6.07, 6.45) is 9.33. The first-order valence-corrected chi connectivity index (χ1v) is 8.21. The van der Waals surface area contributed by atoms with Gasteiger partial charge in [0.15, 0.2) is 0 Å². The zero-order valence-corrected chi connectivity index (χ0v) is 13.0. The summed E-state index contributed by atoms with van der Waals surface area (Å²) in [5, 5.41) is 15.7. The SMILES string of the molecule is CNC1(CC(=O)NCC2(C(=O)O)CCCC2)CCCCC1. The summed E-state index contributed by atoms with van der Waals surface area (Å²) in [5.74, 6) is -0.778. The molecule has 0 radical (unpaired) electrons. The van der Waals surface area contributed by atoms with Gasteiger partial charge < -0.3 is 15.7 Å². The molecule has 1 amide bonds. The molecular weight excluding hydrogens is 268 g/mol. The summed E-state index contributed by atoms with van der Waals surface area (Å²) < 4.78 is 0. The molecule has 2 saturated carbocycles. The van der Waals surface area contributed by atoms with Crippen molar-refractivity contribution in [2.75, 3.05) is 13.6 Å². The molecule has 5 nitrogen and oxygen atoms in total. The Morgan fingerprint density at radius 1 is 1.00 bits per heavy atom. The predicted molar refractivity (Wildman–Crippen MR) is 81.0 cm³/mol. The smallest absolute Gasteiger partial charge is 0.311 e. The summed E-state index contributed by atoms with van der Waals surface area (Å²) in [5.41, 5.74) is -0.816. The zero-order valence-electron chi connectivity index (χ0n) is 13.0. The number of carbonyl (C=O) groups is 2. The summed E-state index contributed by atoms with van der Waals surface area (Å²) in [6, 6.07) is 0. The molecule has 2 aliphatic rings. The van der Waals surface area contributed by atoms with Crippen molar-refractivity contribution in [2.45, 2.75) is 69.7 Å². The lowest BCUT2D eigenvalue weighted by Crippen LogP contribution is -2.49. The van der Waals surface area contributed by atoms with E-state index in [1.165, 1.54) is 6.42 Å². The van der Waals surface area contributed by atoms with Crippen molar-refractivity contribution in [3.05, 3.63) is 0 Å². The molecule has 0 bridgehead atoms. The van der Waals surface area contributed by atoms with Gasteiger partial charge >= 0.3 is 5.97 Å². The minimum Gasteiger partial charge on any atom is -0.481 e. The van der Waals surface area contributed by atoms with Gasteiger partial charge in [0.05, 0.1) is 5.41 Å². The van der Waals surface area contributed by atoms with E-state index in [-0.39, 0.29) is 18.0 Å². The molecule has 0 aromatic heterocycles. The largest absolute Gasteiger partial charge is 0.481 e. The molecule has 2 rings (SSSR count). The van der Waals surface area contributed by atoms with Crippen LogP contribution < -0.4 is 10.6 Å². The molecule has 0 saturated heterocycles. The molecule has 5 heteroatoms. The number of nitrogens with one attached hydrogen (secondary N) is 2. The lowest BCUT2D eigenvalue weighted by molar-refractivity contribution is -0.148. The number of amides is 1. The third-order valence-electron chi connectivity index (χ3n) is 5.48. The number of hydrogen-bond donors (Lipinski definition) is 3. The zero-order chi connectivity index (χ0) is 15.3. The van der Waals surface area contributed by atoms with Gasteiger partial charge in [-0.15, -0.1) is 0 Å². The Labute approximate surface area is 126 Å². The number of carbonyl (C=O) groups excluding carboxylic acids is 1. The summed E-state index contributed by atoms with van der Waals surface area (Å²) >= 11 is 0. The Hall–Kier alpha value is -1.10. The quantitative estimate of drug-likeness (QED) is 0.701. The third-order valence-corrected chi connectivity index (χ3v) is 5.48. The van der Waals surface area contributed by atoms with Gasteiger partial charge in [0.2, 0.25) is 5.91 Å². The Bertz CT molecular complexity index is 383. The van der Waals surface area contributed by atoms with Gasteiger partial charge in [-0.2, -0.15) is 0 Å². The molecule has 0 heterocycles. The summed E-state index contributed by atoms with van der Waals surface area (Å²) in [7, 11) is 1.92. The fourth-order valence-electron chi connectivity index (χ4n) is 3.90. The van der Waals surface area contributed by atoms with E-state index in [4.69, 9.17) is 0 Å². The first kappa shape index (κ1) is 16.3. The molecule has 0 aromatic carbocycles. The number of carboxylic acid groups (broad SMARTS) is 1. The van der Waals surface area contributed by atoms with Gasteiger partial charge in [-0.05, 0) is 32.7 Å². The van der Waals surface area contributed by atoms with Gasteiger partial charge in [0.25, 0.3) is 0 Å². The van der Waals surface area contributed by atoms with Crippen molar-refractivity contribution in [1.29, 1.82) is 0 Å². The monoisotopic (exact) mass is 296 g/mol. The van der Waals surface area contributed by atoms with E-state index in [1.54, 1.807) is 0 Å². The number of carboxylic acids is 1. The molecule has 3 N–H and O–H groups in total. The second kappa shape index (κ2) is 6.77. The molecule has 0 aliphatic heterocycles. The van der Waals surface area contributed by atoms with Crippen molar-refractivity contribution in [1.82, 2.24) is 10.6 Å². The molecule has 0 aromatic rings. The maximum absolute atomic E-state index is 12.3. The van der Waals surface area contributed by atoms with E-state index in [1.807, 2.05) is 7.05 Å². The molecule has 21 heavy (non-hydrogen) atoms. The first-order valence-electron chi connectivity index (χ1n) is 8.21. The van der Waals surface area contributed by atoms with Gasteiger partial charge in [0.1, 0.15) is 0 Å². The van der Waals surface area contributed by atoms with Crippen LogP contribution in [0.15, 0.2) is 0 Å². The van der Waals surface area contributed by atoms with Crippen molar-refractivity contribution in [2.24, 2.45) is 5.41 Å². The van der Waals surface area contributed by atoms with E-state index in [0.717, 1.165) is 38.5 Å². The highest BCUT2D eigenvalue weighted by Gasteiger charge is 2.42. The van der Waals surface area contributed by atoms with E-state index in [2.05, 4.69) is 10.6 Å². The number of hydrogen-bond acceptors (Lipinski definition) is 3. The minimum atomic E-state index is -0.763. The predicted octanol–water partition coefficient (Wildman–Crippen LogP) is 2.06. The number of aliphatic carboxylic acids is 1. The van der Waals surface area contributed by atoms with Crippen LogP contribution in [0.2, 0.25) is 0 Å². The lowest BCUT2D eigenvalue weighted by Gasteiger charge is -2.37. The van der Waals surface area contributed by atoms with Crippen molar-refractivity contribution < 1.29 is 14.7 Å². The van der Waals surface area contributed by atoms with Crippen LogP contribution in [0.25, 0.3) is 0 Å². The standard InChI is InChI=1S/C16H28N2O3/c1-17-16(9-3-2-4-10-16)11-13(19)18-12-15(14(20)21)7-5-6-8-15/h17H,2-12H2,1H3,(H,18,19)(H,20,21). The Balaban J connectivity index is 1.87. The first-order chi connectivity index (χ1) is 10.0. The molecule has 2 fully saturated rings. The van der Waals surface area contributed by atoms with Crippen LogP contribution in [0.4, 0.5) is 0 Å². The summed E-state index contributed by atoms with van der Waals surface area (Å²) in [4.78, 5) is 23.7. The average molecular weight is 296 g/mol. The highest BCUT2D eigenvalue weighted by molar-refractivity contribution is 5.80. The van der Waals surface area contributed by atoms with Crippen molar-refractivity contribution in [3.8, 4) is 0 Å². The lowest BCUT2D eigenvalue weighted by atomic mass is 9.79. The molecule has 0 spiro atoms. The fourth-order valence-corrected chi connectivity index (χ4v) is 3.90. The average Bonchev–Trinajstić information content (AvgIpc) is 2.96. The van der Waals surface area contributed by atoms with Crippen LogP contribution in [-0.2, 0) is 9.59 Å². The molecule has 0 unspecified atom stereocenters. The van der Waals surface area contributed by atoms with Gasteiger partial charge in [-0.1, -0.05) is 32.1 Å². The molecule has 0 atom stereocenters. The van der Waals surface area contributed by atoms with E-state index in [9.17, 15) is 14.7 Å². The van der Waals surface area contributed by atoms with Gasteiger partial charge in [-0.3, -0.25) is 9.59 Å². The van der Waals surface area contributed by atoms with E-state index >= 15 is 0 Å². The van der Waals surface area contributed by atoms with Crippen molar-refractivity contribution in [3.63, 3.8) is 0 Å². The second-order valence-corrected chi connectivity index (χ2v) is 6.84. The van der Waals surface area contributed by atoms with Gasteiger partial charge in [0, 0.05) is 18.5 Å². The van der Waals surface area contributed by atoms with Crippen LogP contribution in [-0.4, -0.2) is 36.1 Å². The van der Waals surface area contributed by atoms with E-state index in [0.29, 0.717) is 19.3 Å². The minimum absolute atomic E-state index is 0.0150. The maximum Gasteiger partial charge on any atom is 0.311 e. The maximum atomic E-state index is 12.3. The van der Waals surface area contributed by atoms with E-state index < -0.39 is 11.4 Å². The Kier molecular flexibility index (Phi) is 5.25. The highest BCUT2D eigenvalue weighted by atomic mass is 16.4. The number of rotatable bonds is 6. The Morgan fingerprint density at radius 3 is 2.10 bits per heavy atom. The van der Waals surface area contributed by atoms with Crippen molar-refractivity contribution >= 4 is 11.9 Å². The van der Waals surface area contributed by atoms with Crippen LogP contribution in [0.1, 0.15) is 64.2 Å².